The Bertz CT molecular complexity index is 691. The fraction of sp³-hybridized carbons (Fsp3) is 0.923. The van der Waals surface area contributed by atoms with Crippen molar-refractivity contribution in [3.05, 3.63) is 0 Å². The maximum atomic E-state index is 12.9. The van der Waals surface area contributed by atoms with E-state index in [0.29, 0.717) is 6.42 Å². The molecule has 0 aromatic heterocycles. The normalized spacial score (nSPS) is 23.3. The molecule has 2 heterocycles. The van der Waals surface area contributed by atoms with Crippen LogP contribution in [0.2, 0.25) is 0 Å². The van der Waals surface area contributed by atoms with E-state index in [1.165, 1.54) is 128 Å². The summed E-state index contributed by atoms with van der Waals surface area (Å²) in [4.78, 5) is 42.9. The van der Waals surface area contributed by atoms with Gasteiger partial charge in [0.2, 0.25) is 0 Å². The fourth-order valence-corrected chi connectivity index (χ4v) is 8.12. The SMILES string of the molecule is CCCCC(C=O)CC(C=O)C(CCC(C(C=O)CC)N1CCCCCCCCCCC1)N1CCCCCCCCCCC1. The molecule has 2 fully saturated rings. The molecule has 5 atom stereocenters. The molecule has 0 aromatic carbocycles. The van der Waals surface area contributed by atoms with Gasteiger partial charge in [0.15, 0.2) is 0 Å². The Balaban J connectivity index is 2.31. The van der Waals surface area contributed by atoms with Crippen molar-refractivity contribution < 1.29 is 14.4 Å². The van der Waals surface area contributed by atoms with Gasteiger partial charge in [-0.1, -0.05) is 117 Å². The zero-order valence-corrected chi connectivity index (χ0v) is 29.2. The number of carbonyl (C=O) groups is 3. The van der Waals surface area contributed by atoms with E-state index in [-0.39, 0.29) is 29.8 Å². The first-order valence-corrected chi connectivity index (χ1v) is 19.5. The lowest BCUT2D eigenvalue weighted by Crippen LogP contribution is -2.47. The second kappa shape index (κ2) is 26.0. The largest absolute Gasteiger partial charge is 0.303 e. The maximum Gasteiger partial charge on any atom is 0.124 e. The van der Waals surface area contributed by atoms with E-state index in [2.05, 4.69) is 23.6 Å². The van der Waals surface area contributed by atoms with Gasteiger partial charge in [-0.2, -0.15) is 0 Å². The predicted octanol–water partition coefficient (Wildman–Crippen LogP) is 9.59. The van der Waals surface area contributed by atoms with Gasteiger partial charge in [0, 0.05) is 29.8 Å². The third-order valence-electron chi connectivity index (χ3n) is 11.0. The summed E-state index contributed by atoms with van der Waals surface area (Å²) >= 11 is 0. The number of rotatable bonds is 16. The fourth-order valence-electron chi connectivity index (χ4n) is 8.12. The summed E-state index contributed by atoms with van der Waals surface area (Å²) < 4.78 is 0. The molecule has 2 aliphatic rings. The summed E-state index contributed by atoms with van der Waals surface area (Å²) in [6.07, 6.45) is 33.4. The zero-order valence-electron chi connectivity index (χ0n) is 29.2. The summed E-state index contributed by atoms with van der Waals surface area (Å²) in [6, 6.07) is 0.392. The Morgan fingerprint density at radius 2 is 0.841 bits per heavy atom. The van der Waals surface area contributed by atoms with Crippen molar-refractivity contribution >= 4 is 18.9 Å². The molecule has 5 nitrogen and oxygen atoms in total. The van der Waals surface area contributed by atoms with Crippen LogP contribution in [0.4, 0.5) is 0 Å². The van der Waals surface area contributed by atoms with Crippen LogP contribution < -0.4 is 0 Å². The van der Waals surface area contributed by atoms with E-state index in [9.17, 15) is 14.4 Å². The molecule has 2 aliphatic heterocycles. The molecule has 0 spiro atoms. The summed E-state index contributed by atoms with van der Waals surface area (Å²) in [6.45, 7) is 8.63. The number of nitrogens with zero attached hydrogens (tertiary/aromatic N) is 2. The number of aldehydes is 3. The molecule has 2 saturated heterocycles. The second-order valence-electron chi connectivity index (χ2n) is 14.4. The lowest BCUT2D eigenvalue weighted by Gasteiger charge is -2.40. The minimum absolute atomic E-state index is 0.0377. The van der Waals surface area contributed by atoms with Gasteiger partial charge in [0.1, 0.15) is 18.9 Å². The van der Waals surface area contributed by atoms with Crippen LogP contribution >= 0.6 is 0 Å². The Hall–Kier alpha value is -1.07. The monoisotopic (exact) mass is 617 g/mol. The third-order valence-corrected chi connectivity index (χ3v) is 11.0. The summed E-state index contributed by atoms with van der Waals surface area (Å²) in [5, 5.41) is 0. The molecule has 0 bridgehead atoms. The average molecular weight is 617 g/mol. The van der Waals surface area contributed by atoms with E-state index >= 15 is 0 Å². The van der Waals surface area contributed by atoms with Crippen LogP contribution in [0.3, 0.4) is 0 Å². The number of hydrogen-bond acceptors (Lipinski definition) is 5. The van der Waals surface area contributed by atoms with Crippen LogP contribution in [0.1, 0.15) is 174 Å². The average Bonchev–Trinajstić information content (AvgIpc) is 3.03. The molecule has 256 valence electrons. The van der Waals surface area contributed by atoms with Gasteiger partial charge < -0.3 is 14.4 Å². The van der Waals surface area contributed by atoms with Crippen LogP contribution in [-0.4, -0.2) is 66.9 Å². The van der Waals surface area contributed by atoms with Crippen molar-refractivity contribution in [2.75, 3.05) is 26.2 Å². The summed E-state index contributed by atoms with van der Waals surface area (Å²) in [7, 11) is 0. The van der Waals surface area contributed by atoms with E-state index in [1.807, 2.05) is 0 Å². The van der Waals surface area contributed by atoms with Gasteiger partial charge >= 0.3 is 0 Å². The lowest BCUT2D eigenvalue weighted by atomic mass is 9.82. The Kier molecular flexibility index (Phi) is 23.2. The molecule has 0 amide bonds. The number of hydrogen-bond donors (Lipinski definition) is 0. The summed E-state index contributed by atoms with van der Waals surface area (Å²) in [5.74, 6) is -0.126. The van der Waals surface area contributed by atoms with E-state index in [0.717, 1.165) is 71.0 Å². The summed E-state index contributed by atoms with van der Waals surface area (Å²) in [5.41, 5.74) is 0. The van der Waals surface area contributed by atoms with Gasteiger partial charge in [0.25, 0.3) is 0 Å². The Morgan fingerprint density at radius 3 is 1.16 bits per heavy atom. The molecular weight excluding hydrogens is 544 g/mol. The predicted molar refractivity (Wildman–Crippen MR) is 186 cm³/mol. The number of unbranched alkanes of at least 4 members (excludes halogenated alkanes) is 1. The van der Waals surface area contributed by atoms with Gasteiger partial charge in [-0.05, 0) is 84.0 Å². The molecular formula is C39H72N2O3. The second-order valence-corrected chi connectivity index (χ2v) is 14.4. The van der Waals surface area contributed by atoms with Crippen molar-refractivity contribution in [2.24, 2.45) is 17.8 Å². The number of carbonyl (C=O) groups excluding carboxylic acids is 3. The molecule has 0 radical (unpaired) electrons. The van der Waals surface area contributed by atoms with Gasteiger partial charge in [0.05, 0.1) is 0 Å². The van der Waals surface area contributed by atoms with Crippen LogP contribution in [0.5, 0.6) is 0 Å². The molecule has 2 rings (SSSR count). The third kappa shape index (κ3) is 16.0. The van der Waals surface area contributed by atoms with Gasteiger partial charge in [-0.15, -0.1) is 0 Å². The molecule has 0 aromatic rings. The van der Waals surface area contributed by atoms with Crippen LogP contribution in [0.25, 0.3) is 0 Å². The standard InChI is InChI=1S/C39H72N2O3/c1-3-5-24-35(32-42)31-37(34-44)39(41-29-22-18-14-10-7-11-15-19-23-30-41)26-25-38(36(4-2)33-43)40-27-20-16-12-8-6-9-13-17-21-28-40/h32-39H,3-31H2,1-2H3. The first-order valence-electron chi connectivity index (χ1n) is 19.5. The smallest absolute Gasteiger partial charge is 0.124 e. The van der Waals surface area contributed by atoms with E-state index < -0.39 is 0 Å². The van der Waals surface area contributed by atoms with Crippen LogP contribution in [-0.2, 0) is 14.4 Å². The molecule has 44 heavy (non-hydrogen) atoms. The highest BCUT2D eigenvalue weighted by Gasteiger charge is 2.33. The van der Waals surface area contributed by atoms with Crippen LogP contribution in [0, 0.1) is 17.8 Å². The van der Waals surface area contributed by atoms with Crippen molar-refractivity contribution in [1.82, 2.24) is 9.80 Å². The molecule has 0 aliphatic carbocycles. The minimum Gasteiger partial charge on any atom is -0.303 e. The zero-order chi connectivity index (χ0) is 31.7. The molecule has 0 N–H and O–H groups in total. The maximum absolute atomic E-state index is 12.9. The van der Waals surface area contributed by atoms with Crippen LogP contribution in [0.15, 0.2) is 0 Å². The molecule has 5 heteroatoms. The highest BCUT2D eigenvalue weighted by molar-refractivity contribution is 5.59. The highest BCUT2D eigenvalue weighted by Crippen LogP contribution is 2.29. The first-order chi connectivity index (χ1) is 21.7. The van der Waals surface area contributed by atoms with Gasteiger partial charge in [-0.25, -0.2) is 0 Å². The van der Waals surface area contributed by atoms with Crippen molar-refractivity contribution in [1.29, 1.82) is 0 Å². The topological polar surface area (TPSA) is 57.7 Å². The quantitative estimate of drug-likeness (QED) is 0.162. The van der Waals surface area contributed by atoms with E-state index in [1.54, 1.807) is 0 Å². The first kappa shape index (κ1) is 39.1. The van der Waals surface area contributed by atoms with E-state index in [4.69, 9.17) is 0 Å². The van der Waals surface area contributed by atoms with Crippen molar-refractivity contribution in [3.63, 3.8) is 0 Å². The van der Waals surface area contributed by atoms with Gasteiger partial charge in [-0.3, -0.25) is 9.80 Å². The minimum atomic E-state index is -0.127. The molecule has 0 saturated carbocycles. The Morgan fingerprint density at radius 1 is 0.477 bits per heavy atom. The lowest BCUT2D eigenvalue weighted by molar-refractivity contribution is -0.117. The molecule has 5 unspecified atom stereocenters. The van der Waals surface area contributed by atoms with Crippen molar-refractivity contribution in [3.8, 4) is 0 Å². The van der Waals surface area contributed by atoms with Crippen molar-refractivity contribution in [2.45, 2.75) is 186 Å². The highest BCUT2D eigenvalue weighted by atomic mass is 16.1. The Labute approximate surface area is 273 Å².